The molecule has 1 rings (SSSR count). The summed E-state index contributed by atoms with van der Waals surface area (Å²) in [6.45, 7) is 9.02. The second kappa shape index (κ2) is 5.50. The van der Waals surface area contributed by atoms with Gasteiger partial charge in [0.25, 0.3) is 0 Å². The van der Waals surface area contributed by atoms with E-state index in [-0.39, 0.29) is 12.5 Å². The molecule has 5 heteroatoms. The third-order valence-electron chi connectivity index (χ3n) is 3.35. The highest BCUT2D eigenvalue weighted by molar-refractivity contribution is 9.10. The monoisotopic (exact) mass is 303 g/mol. The lowest BCUT2D eigenvalue weighted by molar-refractivity contribution is 0.00219. The van der Waals surface area contributed by atoms with Gasteiger partial charge < -0.3 is 10.8 Å². The van der Waals surface area contributed by atoms with Crippen molar-refractivity contribution >= 4 is 15.9 Å². The minimum absolute atomic E-state index is 0.111. The van der Waals surface area contributed by atoms with Crippen molar-refractivity contribution in [2.45, 2.75) is 46.3 Å². The second-order valence-electron chi connectivity index (χ2n) is 4.80. The summed E-state index contributed by atoms with van der Waals surface area (Å²) in [4.78, 5) is 0. The molecule has 0 saturated heterocycles. The van der Waals surface area contributed by atoms with Crippen molar-refractivity contribution in [2.75, 3.05) is 6.54 Å². The van der Waals surface area contributed by atoms with E-state index in [2.05, 4.69) is 21.0 Å². The van der Waals surface area contributed by atoms with Crippen molar-refractivity contribution in [3.8, 4) is 0 Å². The molecule has 0 aliphatic carbocycles. The van der Waals surface area contributed by atoms with Crippen molar-refractivity contribution in [1.82, 2.24) is 9.78 Å². The summed E-state index contributed by atoms with van der Waals surface area (Å²) in [5.41, 5.74) is 6.81. The average Bonchev–Trinajstić information content (AvgIpc) is 2.56. The molecule has 1 heterocycles. The molecule has 0 saturated carbocycles. The first-order valence-electron chi connectivity index (χ1n) is 6.00. The Hall–Kier alpha value is -0.390. The molecule has 1 aromatic heterocycles. The largest absolute Gasteiger partial charge is 0.388 e. The van der Waals surface area contributed by atoms with Gasteiger partial charge in [-0.3, -0.25) is 4.68 Å². The zero-order valence-corrected chi connectivity index (χ0v) is 12.6. The van der Waals surface area contributed by atoms with E-state index in [1.165, 1.54) is 0 Å². The molecular weight excluding hydrogens is 282 g/mol. The van der Waals surface area contributed by atoms with Gasteiger partial charge in [-0.25, -0.2) is 0 Å². The molecule has 4 nitrogen and oxygen atoms in total. The molecule has 17 heavy (non-hydrogen) atoms. The minimum Gasteiger partial charge on any atom is -0.388 e. The molecule has 0 spiro atoms. The summed E-state index contributed by atoms with van der Waals surface area (Å²) in [5, 5.41) is 14.9. The van der Waals surface area contributed by atoms with Gasteiger partial charge in [0.05, 0.1) is 21.5 Å². The van der Waals surface area contributed by atoms with Crippen LogP contribution in [0.1, 0.15) is 32.2 Å². The van der Waals surface area contributed by atoms with Crippen LogP contribution in [-0.2, 0) is 13.0 Å². The normalized spacial score (nSPS) is 15.3. The maximum absolute atomic E-state index is 10.5. The van der Waals surface area contributed by atoms with Crippen molar-refractivity contribution in [3.63, 3.8) is 0 Å². The number of nitrogens with zero attached hydrogens (tertiary/aromatic N) is 2. The fraction of sp³-hybridized carbons (Fsp3) is 0.750. The highest BCUT2D eigenvalue weighted by atomic mass is 79.9. The van der Waals surface area contributed by atoms with E-state index in [9.17, 15) is 5.11 Å². The van der Waals surface area contributed by atoms with E-state index in [0.29, 0.717) is 6.42 Å². The van der Waals surface area contributed by atoms with Crippen LogP contribution in [0, 0.1) is 12.8 Å². The van der Waals surface area contributed by atoms with E-state index < -0.39 is 5.60 Å². The predicted octanol–water partition coefficient (Wildman–Crippen LogP) is 1.86. The number of aromatic nitrogens is 2. The van der Waals surface area contributed by atoms with Crippen LogP contribution >= 0.6 is 15.9 Å². The molecule has 0 radical (unpaired) electrons. The summed E-state index contributed by atoms with van der Waals surface area (Å²) in [7, 11) is 0. The lowest BCUT2D eigenvalue weighted by Gasteiger charge is -2.31. The van der Waals surface area contributed by atoms with Gasteiger partial charge in [0, 0.05) is 19.5 Å². The van der Waals surface area contributed by atoms with Gasteiger partial charge in [-0.15, -0.1) is 0 Å². The van der Waals surface area contributed by atoms with Crippen molar-refractivity contribution < 1.29 is 5.11 Å². The molecule has 3 N–H and O–H groups in total. The van der Waals surface area contributed by atoms with Crippen molar-refractivity contribution in [3.05, 3.63) is 15.9 Å². The van der Waals surface area contributed by atoms with Crippen LogP contribution in [0.3, 0.4) is 0 Å². The molecular formula is C12H22BrN3O. The zero-order valence-electron chi connectivity index (χ0n) is 11.0. The Balaban J connectivity index is 3.09. The van der Waals surface area contributed by atoms with Crippen LogP contribution in [0.2, 0.25) is 0 Å². The quantitative estimate of drug-likeness (QED) is 0.873. The van der Waals surface area contributed by atoms with E-state index >= 15 is 0 Å². The SMILES string of the molecule is CCn1nc(C)c(Br)c1CC(O)(CN)C(C)C. The lowest BCUT2D eigenvalue weighted by Crippen LogP contribution is -2.45. The number of aliphatic hydroxyl groups is 1. The Morgan fingerprint density at radius 1 is 1.53 bits per heavy atom. The second-order valence-corrected chi connectivity index (χ2v) is 5.59. The van der Waals surface area contributed by atoms with Crippen LogP contribution in [-0.4, -0.2) is 27.0 Å². The smallest absolute Gasteiger partial charge is 0.0847 e. The number of hydrogen-bond donors (Lipinski definition) is 2. The van der Waals surface area contributed by atoms with E-state index in [0.717, 1.165) is 22.4 Å². The van der Waals surface area contributed by atoms with Crippen LogP contribution < -0.4 is 5.73 Å². The van der Waals surface area contributed by atoms with Gasteiger partial charge in [0.2, 0.25) is 0 Å². The first-order chi connectivity index (χ1) is 7.85. The Bertz CT molecular complexity index is 389. The van der Waals surface area contributed by atoms with Gasteiger partial charge in [-0.2, -0.15) is 5.10 Å². The standard InChI is InChI=1S/C12H22BrN3O/c1-5-16-10(11(13)9(4)15-16)6-12(17,7-14)8(2)3/h8,17H,5-7,14H2,1-4H3. The third-order valence-corrected chi connectivity index (χ3v) is 4.39. The predicted molar refractivity (Wildman–Crippen MR) is 72.9 cm³/mol. The summed E-state index contributed by atoms with van der Waals surface area (Å²) < 4.78 is 2.90. The van der Waals surface area contributed by atoms with Crippen molar-refractivity contribution in [2.24, 2.45) is 11.7 Å². The highest BCUT2D eigenvalue weighted by Crippen LogP contribution is 2.28. The minimum atomic E-state index is -0.873. The van der Waals surface area contributed by atoms with Crippen molar-refractivity contribution in [1.29, 1.82) is 0 Å². The number of nitrogens with two attached hydrogens (primary N) is 1. The first-order valence-corrected chi connectivity index (χ1v) is 6.79. The maximum atomic E-state index is 10.5. The van der Waals surface area contributed by atoms with Gasteiger partial charge in [-0.05, 0) is 35.7 Å². The fourth-order valence-corrected chi connectivity index (χ4v) is 2.26. The number of hydrogen-bond acceptors (Lipinski definition) is 3. The van der Waals surface area contributed by atoms with Gasteiger partial charge in [0.1, 0.15) is 0 Å². The molecule has 1 atom stereocenters. The molecule has 98 valence electrons. The Kier molecular flexibility index (Phi) is 4.75. The molecule has 0 aromatic carbocycles. The van der Waals surface area contributed by atoms with Crippen LogP contribution in [0.4, 0.5) is 0 Å². The van der Waals surface area contributed by atoms with E-state index in [4.69, 9.17) is 5.73 Å². The average molecular weight is 304 g/mol. The van der Waals surface area contributed by atoms with Crippen LogP contribution in [0.15, 0.2) is 4.47 Å². The first kappa shape index (κ1) is 14.7. The molecule has 0 bridgehead atoms. The highest BCUT2D eigenvalue weighted by Gasteiger charge is 2.32. The summed E-state index contributed by atoms with van der Waals surface area (Å²) in [6.07, 6.45) is 0.524. The Morgan fingerprint density at radius 3 is 2.53 bits per heavy atom. The van der Waals surface area contributed by atoms with Gasteiger partial charge >= 0.3 is 0 Å². The van der Waals surface area contributed by atoms with Crippen LogP contribution in [0.25, 0.3) is 0 Å². The summed E-state index contributed by atoms with van der Waals surface area (Å²) in [6, 6.07) is 0. The third kappa shape index (κ3) is 2.89. The van der Waals surface area contributed by atoms with E-state index in [1.807, 2.05) is 32.4 Å². The van der Waals surface area contributed by atoms with Gasteiger partial charge in [-0.1, -0.05) is 13.8 Å². The molecule has 0 aliphatic rings. The molecule has 1 unspecified atom stereocenters. The summed E-state index contributed by atoms with van der Waals surface area (Å²) in [5.74, 6) is 0.111. The molecule has 1 aromatic rings. The number of rotatable bonds is 5. The topological polar surface area (TPSA) is 64.1 Å². The van der Waals surface area contributed by atoms with Crippen LogP contribution in [0.5, 0.6) is 0 Å². The molecule has 0 amide bonds. The van der Waals surface area contributed by atoms with Gasteiger partial charge in [0.15, 0.2) is 0 Å². The van der Waals surface area contributed by atoms with E-state index in [1.54, 1.807) is 0 Å². The zero-order chi connectivity index (χ0) is 13.2. The molecule has 0 fully saturated rings. The maximum Gasteiger partial charge on any atom is 0.0847 e. The lowest BCUT2D eigenvalue weighted by atomic mass is 9.86. The number of aryl methyl sites for hydroxylation is 2. The molecule has 0 aliphatic heterocycles. The Labute approximate surface area is 111 Å². The number of halogens is 1. The fourth-order valence-electron chi connectivity index (χ4n) is 1.84. The summed E-state index contributed by atoms with van der Waals surface area (Å²) >= 11 is 3.54. The Morgan fingerprint density at radius 2 is 2.12 bits per heavy atom.